The van der Waals surface area contributed by atoms with Crippen molar-refractivity contribution in [3.05, 3.63) is 23.7 Å². The molecule has 1 aliphatic heterocycles. The Labute approximate surface area is 132 Å². The van der Waals surface area contributed by atoms with E-state index in [-0.39, 0.29) is 0 Å². The molecule has 3 aromatic heterocycles. The number of thiazole rings is 1. The van der Waals surface area contributed by atoms with Gasteiger partial charge in [0.05, 0.1) is 12.0 Å². The van der Waals surface area contributed by atoms with Gasteiger partial charge in [0, 0.05) is 31.6 Å². The van der Waals surface area contributed by atoms with Crippen LogP contribution in [0.3, 0.4) is 0 Å². The van der Waals surface area contributed by atoms with E-state index in [0.29, 0.717) is 0 Å². The summed E-state index contributed by atoms with van der Waals surface area (Å²) in [6, 6.07) is 0. The Bertz CT molecular complexity index is 780. The van der Waals surface area contributed by atoms with Gasteiger partial charge in [-0.05, 0) is 13.3 Å². The first-order valence-electron chi connectivity index (χ1n) is 7.37. The Balaban J connectivity index is 1.56. The zero-order valence-corrected chi connectivity index (χ0v) is 13.2. The van der Waals surface area contributed by atoms with Gasteiger partial charge < -0.3 is 14.8 Å². The van der Waals surface area contributed by atoms with E-state index in [0.717, 1.165) is 60.4 Å². The molecule has 0 aromatic carbocycles. The zero-order chi connectivity index (χ0) is 14.9. The van der Waals surface area contributed by atoms with Crippen molar-refractivity contribution in [2.45, 2.75) is 13.3 Å². The Morgan fingerprint density at radius 2 is 1.95 bits per heavy atom. The molecule has 0 amide bonds. The van der Waals surface area contributed by atoms with Crippen molar-refractivity contribution < 1.29 is 0 Å². The summed E-state index contributed by atoms with van der Waals surface area (Å²) in [5.41, 5.74) is 2.73. The Morgan fingerprint density at radius 3 is 2.82 bits per heavy atom. The van der Waals surface area contributed by atoms with E-state index < -0.39 is 0 Å². The quantitative estimate of drug-likeness (QED) is 0.778. The number of rotatable bonds is 2. The van der Waals surface area contributed by atoms with Gasteiger partial charge in [-0.15, -0.1) is 11.3 Å². The monoisotopic (exact) mass is 315 g/mol. The predicted octanol–water partition coefficient (Wildman–Crippen LogP) is 1.83. The number of aryl methyl sites for hydroxylation is 1. The Kier molecular flexibility index (Phi) is 3.38. The lowest BCUT2D eigenvalue weighted by Crippen LogP contribution is -2.31. The van der Waals surface area contributed by atoms with Gasteiger partial charge >= 0.3 is 0 Å². The number of anilines is 2. The van der Waals surface area contributed by atoms with E-state index in [4.69, 9.17) is 0 Å². The van der Waals surface area contributed by atoms with Crippen LogP contribution in [0.2, 0.25) is 0 Å². The lowest BCUT2D eigenvalue weighted by Gasteiger charge is -2.22. The van der Waals surface area contributed by atoms with Gasteiger partial charge in [0.15, 0.2) is 16.6 Å². The van der Waals surface area contributed by atoms with E-state index >= 15 is 0 Å². The molecule has 0 radical (unpaired) electrons. The third-order valence-corrected chi connectivity index (χ3v) is 4.90. The first-order valence-corrected chi connectivity index (χ1v) is 8.25. The highest BCUT2D eigenvalue weighted by molar-refractivity contribution is 7.13. The average molecular weight is 315 g/mol. The van der Waals surface area contributed by atoms with Crippen molar-refractivity contribution in [1.29, 1.82) is 0 Å². The van der Waals surface area contributed by atoms with Crippen molar-refractivity contribution >= 4 is 33.5 Å². The second-order valence-corrected chi connectivity index (χ2v) is 6.23. The van der Waals surface area contributed by atoms with Crippen LogP contribution < -0.4 is 9.80 Å². The third-order valence-electron chi connectivity index (χ3n) is 3.88. The largest absolute Gasteiger partial charge is 0.353 e. The summed E-state index contributed by atoms with van der Waals surface area (Å²) < 4.78 is 0. The van der Waals surface area contributed by atoms with Crippen LogP contribution >= 0.6 is 11.3 Å². The number of fused-ring (bicyclic) bond motifs is 1. The summed E-state index contributed by atoms with van der Waals surface area (Å²) in [6.45, 7) is 5.92. The van der Waals surface area contributed by atoms with Gasteiger partial charge in [-0.3, -0.25) is 0 Å². The highest BCUT2D eigenvalue weighted by atomic mass is 32.1. The van der Waals surface area contributed by atoms with E-state index in [1.807, 2.05) is 6.92 Å². The molecule has 0 aliphatic carbocycles. The predicted molar refractivity (Wildman–Crippen MR) is 87.6 cm³/mol. The zero-order valence-electron chi connectivity index (χ0n) is 12.4. The van der Waals surface area contributed by atoms with Crippen molar-refractivity contribution in [2.75, 3.05) is 36.0 Å². The van der Waals surface area contributed by atoms with Gasteiger partial charge in [0.1, 0.15) is 11.8 Å². The van der Waals surface area contributed by atoms with Gasteiger partial charge in [0.25, 0.3) is 0 Å². The van der Waals surface area contributed by atoms with Crippen LogP contribution in [0.25, 0.3) is 11.2 Å². The van der Waals surface area contributed by atoms with Gasteiger partial charge in [-0.25, -0.2) is 19.9 Å². The standard InChI is InChI=1S/C14H17N7S/c1-10-7-22-14(19-10)21-4-2-3-20(5-6-21)13-11-12(16-8-15-11)17-9-18-13/h7-9H,2-6H2,1H3,(H,15,16,17,18). The summed E-state index contributed by atoms with van der Waals surface area (Å²) in [5.74, 6) is 0.944. The van der Waals surface area contributed by atoms with Crippen molar-refractivity contribution in [3.63, 3.8) is 0 Å². The summed E-state index contributed by atoms with van der Waals surface area (Å²) in [4.78, 5) is 25.3. The van der Waals surface area contributed by atoms with Crippen LogP contribution in [0.15, 0.2) is 18.0 Å². The minimum absolute atomic E-state index is 0.724. The third kappa shape index (κ3) is 2.39. The van der Waals surface area contributed by atoms with Gasteiger partial charge in [0.2, 0.25) is 0 Å². The highest BCUT2D eigenvalue weighted by Gasteiger charge is 2.20. The number of aromatic nitrogens is 5. The molecule has 4 rings (SSSR count). The molecule has 8 heteroatoms. The number of aromatic amines is 1. The molecular formula is C14H17N7S. The van der Waals surface area contributed by atoms with Crippen LogP contribution in [-0.2, 0) is 0 Å². The van der Waals surface area contributed by atoms with E-state index in [9.17, 15) is 0 Å². The van der Waals surface area contributed by atoms with Crippen molar-refractivity contribution in [3.8, 4) is 0 Å². The summed E-state index contributed by atoms with van der Waals surface area (Å²) >= 11 is 1.72. The van der Waals surface area contributed by atoms with Crippen LogP contribution in [0.1, 0.15) is 12.1 Å². The van der Waals surface area contributed by atoms with Crippen LogP contribution in [0, 0.1) is 6.92 Å². The molecule has 1 N–H and O–H groups in total. The molecule has 22 heavy (non-hydrogen) atoms. The maximum atomic E-state index is 4.60. The van der Waals surface area contributed by atoms with Crippen LogP contribution in [-0.4, -0.2) is 51.1 Å². The molecule has 1 fully saturated rings. The number of hydrogen-bond acceptors (Lipinski definition) is 7. The summed E-state index contributed by atoms with van der Waals surface area (Å²) in [7, 11) is 0. The minimum atomic E-state index is 0.724. The van der Waals surface area contributed by atoms with Crippen LogP contribution in [0.5, 0.6) is 0 Å². The Hall–Kier alpha value is -2.22. The second-order valence-electron chi connectivity index (χ2n) is 5.40. The maximum Gasteiger partial charge on any atom is 0.185 e. The summed E-state index contributed by atoms with van der Waals surface area (Å²) in [5, 5.41) is 3.23. The molecule has 0 bridgehead atoms. The topological polar surface area (TPSA) is 73.8 Å². The molecule has 0 atom stereocenters. The second kappa shape index (κ2) is 5.53. The van der Waals surface area contributed by atoms with E-state index in [2.05, 4.69) is 40.1 Å². The lowest BCUT2D eigenvalue weighted by molar-refractivity contribution is 0.797. The average Bonchev–Trinajstić information content (AvgIpc) is 3.10. The first kappa shape index (κ1) is 13.4. The maximum absolute atomic E-state index is 4.60. The molecule has 4 heterocycles. The molecule has 114 valence electrons. The van der Waals surface area contributed by atoms with Crippen molar-refractivity contribution in [1.82, 2.24) is 24.9 Å². The number of imidazole rings is 1. The number of nitrogens with zero attached hydrogens (tertiary/aromatic N) is 6. The van der Waals surface area contributed by atoms with E-state index in [1.165, 1.54) is 0 Å². The molecule has 1 aliphatic rings. The SMILES string of the molecule is Cc1csc(N2CCCN(c3ncnc4nc[nH]c34)CC2)n1. The lowest BCUT2D eigenvalue weighted by atomic mass is 10.3. The minimum Gasteiger partial charge on any atom is -0.353 e. The van der Waals surface area contributed by atoms with Gasteiger partial charge in [-0.1, -0.05) is 0 Å². The first-order chi connectivity index (χ1) is 10.8. The van der Waals surface area contributed by atoms with Crippen molar-refractivity contribution in [2.24, 2.45) is 0 Å². The normalized spacial score (nSPS) is 16.2. The molecule has 1 saturated heterocycles. The molecule has 0 saturated carbocycles. The Morgan fingerprint density at radius 1 is 1.09 bits per heavy atom. The van der Waals surface area contributed by atoms with E-state index in [1.54, 1.807) is 24.0 Å². The highest BCUT2D eigenvalue weighted by Crippen LogP contribution is 2.24. The fourth-order valence-corrected chi connectivity index (χ4v) is 3.66. The van der Waals surface area contributed by atoms with Gasteiger partial charge in [-0.2, -0.15) is 0 Å². The molecule has 0 unspecified atom stereocenters. The summed E-state index contributed by atoms with van der Waals surface area (Å²) in [6.07, 6.45) is 4.34. The fourth-order valence-electron chi connectivity index (χ4n) is 2.80. The number of hydrogen-bond donors (Lipinski definition) is 1. The van der Waals surface area contributed by atoms with Crippen LogP contribution in [0.4, 0.5) is 10.9 Å². The molecule has 3 aromatic rings. The number of nitrogens with one attached hydrogen (secondary N) is 1. The molecule has 7 nitrogen and oxygen atoms in total. The smallest absolute Gasteiger partial charge is 0.185 e. The molecular weight excluding hydrogens is 298 g/mol. The molecule has 0 spiro atoms. The number of H-pyrrole nitrogens is 1. The fraction of sp³-hybridized carbons (Fsp3) is 0.429.